The summed E-state index contributed by atoms with van der Waals surface area (Å²) in [6.07, 6.45) is 3.21. The SMILES string of the molecule is CN(Cc1ccc(O)cc1)C(=O)C1CCCCN1. The Morgan fingerprint density at radius 3 is 2.72 bits per heavy atom. The van der Waals surface area contributed by atoms with Crippen molar-refractivity contribution in [1.82, 2.24) is 10.2 Å². The molecular weight excluding hydrogens is 228 g/mol. The first kappa shape index (κ1) is 12.9. The summed E-state index contributed by atoms with van der Waals surface area (Å²) in [6.45, 7) is 1.51. The molecule has 0 aliphatic carbocycles. The lowest BCUT2D eigenvalue weighted by Crippen LogP contribution is -2.46. The number of carbonyl (C=O) groups excluding carboxylic acids is 1. The fraction of sp³-hybridized carbons (Fsp3) is 0.500. The molecule has 0 bridgehead atoms. The van der Waals surface area contributed by atoms with Gasteiger partial charge in [0.05, 0.1) is 6.04 Å². The molecule has 1 aromatic rings. The van der Waals surface area contributed by atoms with E-state index in [9.17, 15) is 9.90 Å². The lowest BCUT2D eigenvalue weighted by Gasteiger charge is -2.27. The largest absolute Gasteiger partial charge is 0.508 e. The highest BCUT2D eigenvalue weighted by Gasteiger charge is 2.23. The first-order valence-corrected chi connectivity index (χ1v) is 6.43. The summed E-state index contributed by atoms with van der Waals surface area (Å²) in [5.74, 6) is 0.407. The third-order valence-electron chi connectivity index (χ3n) is 3.34. The molecule has 4 nitrogen and oxygen atoms in total. The number of hydrogen-bond donors (Lipinski definition) is 2. The van der Waals surface area contributed by atoms with E-state index in [0.29, 0.717) is 6.54 Å². The van der Waals surface area contributed by atoms with Gasteiger partial charge in [-0.25, -0.2) is 0 Å². The Morgan fingerprint density at radius 2 is 2.11 bits per heavy atom. The number of nitrogens with zero attached hydrogens (tertiary/aromatic N) is 1. The summed E-state index contributed by atoms with van der Waals surface area (Å²) in [5, 5.41) is 12.5. The molecule has 1 heterocycles. The van der Waals surface area contributed by atoms with Gasteiger partial charge in [0.1, 0.15) is 5.75 Å². The Morgan fingerprint density at radius 1 is 1.39 bits per heavy atom. The topological polar surface area (TPSA) is 52.6 Å². The first-order chi connectivity index (χ1) is 8.66. The van der Waals surface area contributed by atoms with Crippen LogP contribution in [0.4, 0.5) is 0 Å². The minimum absolute atomic E-state index is 0.0270. The molecule has 98 valence electrons. The molecule has 1 aromatic carbocycles. The monoisotopic (exact) mass is 248 g/mol. The zero-order chi connectivity index (χ0) is 13.0. The van der Waals surface area contributed by atoms with Crippen molar-refractivity contribution in [2.45, 2.75) is 31.8 Å². The molecule has 1 fully saturated rings. The third kappa shape index (κ3) is 3.23. The lowest BCUT2D eigenvalue weighted by molar-refractivity contribution is -0.133. The van der Waals surface area contributed by atoms with Crippen molar-refractivity contribution in [3.8, 4) is 5.75 Å². The molecule has 1 amide bonds. The van der Waals surface area contributed by atoms with Gasteiger partial charge in [0.2, 0.25) is 5.91 Å². The van der Waals surface area contributed by atoms with E-state index in [-0.39, 0.29) is 17.7 Å². The van der Waals surface area contributed by atoms with Crippen LogP contribution in [0, 0.1) is 0 Å². The third-order valence-corrected chi connectivity index (χ3v) is 3.34. The minimum atomic E-state index is -0.0270. The molecule has 1 aliphatic rings. The summed E-state index contributed by atoms with van der Waals surface area (Å²) < 4.78 is 0. The molecule has 1 unspecified atom stereocenters. The second kappa shape index (κ2) is 5.87. The molecule has 1 saturated heterocycles. The molecule has 0 saturated carbocycles. The summed E-state index contributed by atoms with van der Waals surface area (Å²) in [5.41, 5.74) is 1.03. The number of carbonyl (C=O) groups is 1. The maximum Gasteiger partial charge on any atom is 0.239 e. The molecule has 18 heavy (non-hydrogen) atoms. The minimum Gasteiger partial charge on any atom is -0.508 e. The molecular formula is C14H20N2O2. The van der Waals surface area contributed by atoms with Crippen molar-refractivity contribution in [2.75, 3.05) is 13.6 Å². The number of piperidine rings is 1. The fourth-order valence-corrected chi connectivity index (χ4v) is 2.28. The van der Waals surface area contributed by atoms with Crippen LogP contribution in [0.15, 0.2) is 24.3 Å². The van der Waals surface area contributed by atoms with Gasteiger partial charge in [0.25, 0.3) is 0 Å². The quantitative estimate of drug-likeness (QED) is 0.852. The normalized spacial score (nSPS) is 19.5. The highest BCUT2D eigenvalue weighted by molar-refractivity contribution is 5.81. The van der Waals surface area contributed by atoms with Crippen molar-refractivity contribution in [2.24, 2.45) is 0 Å². The smallest absolute Gasteiger partial charge is 0.239 e. The van der Waals surface area contributed by atoms with E-state index in [0.717, 1.165) is 31.4 Å². The number of phenolic OH excluding ortho intramolecular Hbond substituents is 1. The van der Waals surface area contributed by atoms with Crippen LogP contribution in [0.1, 0.15) is 24.8 Å². The zero-order valence-electron chi connectivity index (χ0n) is 10.7. The molecule has 0 aromatic heterocycles. The Balaban J connectivity index is 1.92. The highest BCUT2D eigenvalue weighted by Crippen LogP contribution is 2.13. The molecule has 4 heteroatoms. The van der Waals surface area contributed by atoms with Crippen LogP contribution in [-0.4, -0.2) is 35.5 Å². The standard InChI is InChI=1S/C14H20N2O2/c1-16(10-11-5-7-12(17)8-6-11)14(18)13-4-2-3-9-15-13/h5-8,13,15,17H,2-4,9-10H2,1H3. The maximum absolute atomic E-state index is 12.2. The second-order valence-electron chi connectivity index (χ2n) is 4.86. The number of hydrogen-bond acceptors (Lipinski definition) is 3. The fourth-order valence-electron chi connectivity index (χ4n) is 2.28. The van der Waals surface area contributed by atoms with Crippen molar-refractivity contribution in [3.63, 3.8) is 0 Å². The van der Waals surface area contributed by atoms with E-state index in [1.54, 1.807) is 17.0 Å². The van der Waals surface area contributed by atoms with Crippen molar-refractivity contribution in [3.05, 3.63) is 29.8 Å². The van der Waals surface area contributed by atoms with Gasteiger partial charge in [-0.3, -0.25) is 4.79 Å². The molecule has 0 radical (unpaired) electrons. The Hall–Kier alpha value is -1.55. The summed E-state index contributed by atoms with van der Waals surface area (Å²) in [6, 6.07) is 6.95. The molecule has 2 N–H and O–H groups in total. The molecule has 1 aliphatic heterocycles. The van der Waals surface area contributed by atoms with Crippen LogP contribution in [0.5, 0.6) is 5.75 Å². The van der Waals surface area contributed by atoms with Crippen molar-refractivity contribution < 1.29 is 9.90 Å². The van der Waals surface area contributed by atoms with E-state index in [4.69, 9.17) is 0 Å². The van der Waals surface area contributed by atoms with Gasteiger partial charge in [0.15, 0.2) is 0 Å². The maximum atomic E-state index is 12.2. The summed E-state index contributed by atoms with van der Waals surface area (Å²) >= 11 is 0. The molecule has 0 spiro atoms. The van der Waals surface area contributed by atoms with E-state index in [1.807, 2.05) is 19.2 Å². The van der Waals surface area contributed by atoms with E-state index >= 15 is 0 Å². The van der Waals surface area contributed by atoms with E-state index in [1.165, 1.54) is 0 Å². The lowest BCUT2D eigenvalue weighted by atomic mass is 10.0. The van der Waals surface area contributed by atoms with Gasteiger partial charge in [-0.05, 0) is 37.1 Å². The van der Waals surface area contributed by atoms with Crippen LogP contribution in [0.2, 0.25) is 0 Å². The zero-order valence-corrected chi connectivity index (χ0v) is 10.7. The predicted octanol–water partition coefficient (Wildman–Crippen LogP) is 1.49. The number of phenols is 1. The van der Waals surface area contributed by atoms with Crippen molar-refractivity contribution >= 4 is 5.91 Å². The number of aromatic hydroxyl groups is 1. The average Bonchev–Trinajstić information content (AvgIpc) is 2.41. The summed E-state index contributed by atoms with van der Waals surface area (Å²) in [7, 11) is 1.82. The predicted molar refractivity (Wildman–Crippen MR) is 70.2 cm³/mol. The van der Waals surface area contributed by atoms with Crippen LogP contribution in [0.3, 0.4) is 0 Å². The van der Waals surface area contributed by atoms with E-state index < -0.39 is 0 Å². The van der Waals surface area contributed by atoms with Crippen LogP contribution in [0.25, 0.3) is 0 Å². The van der Waals surface area contributed by atoms with Gasteiger partial charge in [-0.2, -0.15) is 0 Å². The van der Waals surface area contributed by atoms with E-state index in [2.05, 4.69) is 5.32 Å². The van der Waals surface area contributed by atoms with Gasteiger partial charge in [0, 0.05) is 13.6 Å². The first-order valence-electron chi connectivity index (χ1n) is 6.43. The highest BCUT2D eigenvalue weighted by atomic mass is 16.3. The van der Waals surface area contributed by atoms with Gasteiger partial charge >= 0.3 is 0 Å². The molecule has 2 rings (SSSR count). The average molecular weight is 248 g/mol. The Bertz CT molecular complexity index is 397. The second-order valence-corrected chi connectivity index (χ2v) is 4.86. The van der Waals surface area contributed by atoms with Crippen molar-refractivity contribution in [1.29, 1.82) is 0 Å². The van der Waals surface area contributed by atoms with Crippen LogP contribution in [-0.2, 0) is 11.3 Å². The number of rotatable bonds is 3. The Kier molecular flexibility index (Phi) is 4.20. The molecule has 1 atom stereocenters. The number of nitrogens with one attached hydrogen (secondary N) is 1. The Labute approximate surface area is 108 Å². The number of benzene rings is 1. The number of amides is 1. The number of likely N-dealkylation sites (N-methyl/N-ethyl adjacent to an activating group) is 1. The van der Waals surface area contributed by atoms with Crippen LogP contribution < -0.4 is 5.32 Å². The van der Waals surface area contributed by atoms with Gasteiger partial charge in [-0.1, -0.05) is 18.6 Å². The van der Waals surface area contributed by atoms with Gasteiger partial charge in [-0.15, -0.1) is 0 Å². The van der Waals surface area contributed by atoms with Crippen LogP contribution >= 0.6 is 0 Å². The van der Waals surface area contributed by atoms with Gasteiger partial charge < -0.3 is 15.3 Å². The summed E-state index contributed by atoms with van der Waals surface area (Å²) in [4.78, 5) is 13.9.